The highest BCUT2D eigenvalue weighted by Crippen LogP contribution is 2.12. The average molecular weight is 493 g/mol. The number of non-ortho nitro benzene ring substituents is 1. The van der Waals surface area contributed by atoms with Gasteiger partial charge in [0.2, 0.25) is 5.91 Å². The van der Waals surface area contributed by atoms with Crippen LogP contribution in [0.1, 0.15) is 26.3 Å². The third-order valence-electron chi connectivity index (χ3n) is 3.10. The van der Waals surface area contributed by atoms with Crippen LogP contribution in [-0.4, -0.2) is 49.1 Å². The van der Waals surface area contributed by atoms with Crippen molar-refractivity contribution in [2.24, 2.45) is 4.99 Å². The molecule has 0 radical (unpaired) electrons. The first kappa shape index (κ1) is 25.1. The topological polar surface area (TPSA) is 118 Å². The van der Waals surface area contributed by atoms with E-state index in [1.807, 2.05) is 20.8 Å². The van der Waals surface area contributed by atoms with Crippen molar-refractivity contribution >= 4 is 41.5 Å². The van der Waals surface area contributed by atoms with Gasteiger partial charge in [-0.05, 0) is 26.3 Å². The standard InChI is InChI=1S/C17H27N5O4.HI/c1-17(2,3)21-15(23)12-20-16(18-9-10-26-4)19-11-13-5-7-14(8-6-13)22(24)25;/h5-8H,9-12H2,1-4H3,(H,21,23)(H2,18,19,20);1H. The summed E-state index contributed by atoms with van der Waals surface area (Å²) in [5.74, 6) is 0.318. The van der Waals surface area contributed by atoms with Crippen molar-refractivity contribution in [3.63, 3.8) is 0 Å². The Bertz CT molecular complexity index is 629. The average Bonchev–Trinajstić information content (AvgIpc) is 2.55. The summed E-state index contributed by atoms with van der Waals surface area (Å²) >= 11 is 0. The molecule has 10 heteroatoms. The van der Waals surface area contributed by atoms with Crippen LogP contribution in [0.2, 0.25) is 0 Å². The minimum absolute atomic E-state index is 0. The van der Waals surface area contributed by atoms with Crippen molar-refractivity contribution in [1.29, 1.82) is 0 Å². The van der Waals surface area contributed by atoms with Crippen molar-refractivity contribution in [3.05, 3.63) is 39.9 Å². The second-order valence-corrected chi connectivity index (χ2v) is 6.66. The molecule has 1 aromatic carbocycles. The van der Waals surface area contributed by atoms with E-state index in [9.17, 15) is 14.9 Å². The highest BCUT2D eigenvalue weighted by molar-refractivity contribution is 14.0. The molecule has 1 amide bonds. The van der Waals surface area contributed by atoms with Crippen LogP contribution in [0.4, 0.5) is 5.69 Å². The SMILES string of the molecule is COCCNC(=NCc1ccc([N+](=O)[O-])cc1)NCC(=O)NC(C)(C)C.I. The van der Waals surface area contributed by atoms with Gasteiger partial charge in [0.1, 0.15) is 0 Å². The molecular weight excluding hydrogens is 465 g/mol. The number of carbonyl (C=O) groups excluding carboxylic acids is 1. The van der Waals surface area contributed by atoms with Gasteiger partial charge in [-0.1, -0.05) is 12.1 Å². The van der Waals surface area contributed by atoms with Crippen LogP contribution in [-0.2, 0) is 16.1 Å². The van der Waals surface area contributed by atoms with Gasteiger partial charge in [-0.25, -0.2) is 4.99 Å². The maximum atomic E-state index is 11.9. The van der Waals surface area contributed by atoms with Crippen LogP contribution in [0.25, 0.3) is 0 Å². The van der Waals surface area contributed by atoms with Crippen LogP contribution < -0.4 is 16.0 Å². The van der Waals surface area contributed by atoms with Crippen molar-refractivity contribution < 1.29 is 14.5 Å². The van der Waals surface area contributed by atoms with Gasteiger partial charge in [0, 0.05) is 31.3 Å². The van der Waals surface area contributed by atoms with Gasteiger partial charge in [-0.15, -0.1) is 24.0 Å². The number of methoxy groups -OCH3 is 1. The van der Waals surface area contributed by atoms with Crippen LogP contribution in [0.15, 0.2) is 29.3 Å². The summed E-state index contributed by atoms with van der Waals surface area (Å²) in [5.41, 5.74) is 0.550. The van der Waals surface area contributed by atoms with E-state index in [4.69, 9.17) is 4.74 Å². The zero-order valence-corrected chi connectivity index (χ0v) is 18.4. The molecule has 152 valence electrons. The van der Waals surface area contributed by atoms with E-state index in [1.165, 1.54) is 12.1 Å². The van der Waals surface area contributed by atoms with E-state index in [-0.39, 0.29) is 47.7 Å². The predicted molar refractivity (Wildman–Crippen MR) is 115 cm³/mol. The fraction of sp³-hybridized carbons (Fsp3) is 0.529. The second-order valence-electron chi connectivity index (χ2n) is 6.66. The number of ether oxygens (including phenoxy) is 1. The van der Waals surface area contributed by atoms with Crippen molar-refractivity contribution in [2.45, 2.75) is 32.9 Å². The molecule has 0 aromatic heterocycles. The van der Waals surface area contributed by atoms with Gasteiger partial charge >= 0.3 is 0 Å². The Balaban J connectivity index is 0.00000676. The minimum atomic E-state index is -0.444. The molecular formula is C17H28IN5O4. The molecule has 0 unspecified atom stereocenters. The molecule has 0 bridgehead atoms. The Hall–Kier alpha value is -1.95. The number of aliphatic imine (C=N–C) groups is 1. The summed E-state index contributed by atoms with van der Waals surface area (Å²) in [6.07, 6.45) is 0. The fourth-order valence-corrected chi connectivity index (χ4v) is 1.97. The summed E-state index contributed by atoms with van der Waals surface area (Å²) in [7, 11) is 1.60. The van der Waals surface area contributed by atoms with Crippen LogP contribution in [0.5, 0.6) is 0 Å². The predicted octanol–water partition coefficient (Wildman–Crippen LogP) is 1.81. The monoisotopic (exact) mass is 493 g/mol. The largest absolute Gasteiger partial charge is 0.383 e. The summed E-state index contributed by atoms with van der Waals surface area (Å²) in [6.45, 7) is 7.15. The van der Waals surface area contributed by atoms with Gasteiger partial charge in [0.05, 0.1) is 24.6 Å². The number of guanidine groups is 1. The summed E-state index contributed by atoms with van der Waals surface area (Å²) in [5, 5.41) is 19.6. The van der Waals surface area contributed by atoms with Crippen molar-refractivity contribution in [3.8, 4) is 0 Å². The third-order valence-corrected chi connectivity index (χ3v) is 3.10. The number of amides is 1. The molecule has 0 atom stereocenters. The van der Waals surface area contributed by atoms with E-state index in [1.54, 1.807) is 19.2 Å². The molecule has 1 aromatic rings. The molecule has 0 aliphatic carbocycles. The molecule has 0 fully saturated rings. The van der Waals surface area contributed by atoms with Crippen LogP contribution in [0, 0.1) is 10.1 Å². The number of hydrogen-bond donors (Lipinski definition) is 3. The normalized spacial score (nSPS) is 11.3. The summed E-state index contributed by atoms with van der Waals surface area (Å²) < 4.78 is 4.99. The molecule has 0 saturated carbocycles. The molecule has 27 heavy (non-hydrogen) atoms. The summed E-state index contributed by atoms with van der Waals surface area (Å²) in [4.78, 5) is 26.6. The maximum Gasteiger partial charge on any atom is 0.269 e. The molecule has 0 aliphatic heterocycles. The van der Waals surface area contributed by atoms with Gasteiger partial charge in [-0.2, -0.15) is 0 Å². The first-order valence-electron chi connectivity index (χ1n) is 8.27. The van der Waals surface area contributed by atoms with E-state index in [0.29, 0.717) is 25.7 Å². The minimum Gasteiger partial charge on any atom is -0.383 e. The smallest absolute Gasteiger partial charge is 0.269 e. The van der Waals surface area contributed by atoms with Crippen molar-refractivity contribution in [2.75, 3.05) is 26.8 Å². The fourth-order valence-electron chi connectivity index (χ4n) is 1.97. The quantitative estimate of drug-likeness (QED) is 0.127. The Morgan fingerprint density at radius 2 is 1.85 bits per heavy atom. The third kappa shape index (κ3) is 11.4. The number of nitro benzene ring substituents is 1. The highest BCUT2D eigenvalue weighted by Gasteiger charge is 2.13. The van der Waals surface area contributed by atoms with E-state index in [2.05, 4.69) is 20.9 Å². The van der Waals surface area contributed by atoms with E-state index < -0.39 is 4.92 Å². The lowest BCUT2D eigenvalue weighted by atomic mass is 10.1. The van der Waals surface area contributed by atoms with Gasteiger partial charge in [0.15, 0.2) is 5.96 Å². The number of benzene rings is 1. The second kappa shape index (κ2) is 12.4. The van der Waals surface area contributed by atoms with Crippen LogP contribution in [0.3, 0.4) is 0 Å². The molecule has 3 N–H and O–H groups in total. The number of nitrogens with zero attached hydrogens (tertiary/aromatic N) is 2. The molecule has 9 nitrogen and oxygen atoms in total. The summed E-state index contributed by atoms with van der Waals surface area (Å²) in [6, 6.07) is 6.18. The molecule has 0 spiro atoms. The Morgan fingerprint density at radius 1 is 1.22 bits per heavy atom. The maximum absolute atomic E-state index is 11.9. The first-order chi connectivity index (χ1) is 12.2. The van der Waals surface area contributed by atoms with Gasteiger partial charge in [0.25, 0.3) is 5.69 Å². The highest BCUT2D eigenvalue weighted by atomic mass is 127. The number of halogens is 1. The van der Waals surface area contributed by atoms with Crippen molar-refractivity contribution in [1.82, 2.24) is 16.0 Å². The number of rotatable bonds is 8. The lowest BCUT2D eigenvalue weighted by Crippen LogP contribution is -2.48. The Morgan fingerprint density at radius 3 is 2.37 bits per heavy atom. The molecule has 0 heterocycles. The van der Waals surface area contributed by atoms with Gasteiger partial charge in [-0.3, -0.25) is 14.9 Å². The molecule has 1 rings (SSSR count). The Kier molecular flexibility index (Phi) is 11.5. The molecule has 0 aliphatic rings. The zero-order valence-electron chi connectivity index (χ0n) is 16.1. The van der Waals surface area contributed by atoms with Gasteiger partial charge < -0.3 is 20.7 Å². The number of hydrogen-bond acceptors (Lipinski definition) is 5. The number of nitro groups is 1. The van der Waals surface area contributed by atoms with E-state index >= 15 is 0 Å². The number of nitrogens with one attached hydrogen (secondary N) is 3. The first-order valence-corrected chi connectivity index (χ1v) is 8.27. The van der Waals surface area contributed by atoms with Crippen LogP contribution >= 0.6 is 24.0 Å². The molecule has 0 saturated heterocycles. The Labute approximate surface area is 176 Å². The van der Waals surface area contributed by atoms with E-state index in [0.717, 1.165) is 5.56 Å². The zero-order chi connectivity index (χ0) is 19.6. The number of carbonyl (C=O) groups is 1. The lowest BCUT2D eigenvalue weighted by Gasteiger charge is -2.21. The lowest BCUT2D eigenvalue weighted by molar-refractivity contribution is -0.384.